The Bertz CT molecular complexity index is 1560. The summed E-state index contributed by atoms with van der Waals surface area (Å²) in [6.45, 7) is 13.9. The summed E-state index contributed by atoms with van der Waals surface area (Å²) in [6, 6.07) is -5.97. The minimum Gasteiger partial charge on any atom is -0.481 e. The van der Waals surface area contributed by atoms with Crippen molar-refractivity contribution in [3.05, 3.63) is 0 Å². The normalized spacial score (nSPS) is 29.0. The van der Waals surface area contributed by atoms with Crippen molar-refractivity contribution in [2.45, 2.75) is 154 Å². The Kier molecular flexibility index (Phi) is 13.2. The molecule has 8 N–H and O–H groups in total. The topological polar surface area (TPSA) is 256 Å². The van der Waals surface area contributed by atoms with E-state index in [-0.39, 0.29) is 35.7 Å². The maximum Gasteiger partial charge on any atom is 0.481 e. The zero-order chi connectivity index (χ0) is 41.4. The molecule has 0 spiro atoms. The van der Waals surface area contributed by atoms with Crippen molar-refractivity contribution in [1.29, 1.82) is 0 Å². The van der Waals surface area contributed by atoms with Crippen LogP contribution in [0.5, 0.6) is 0 Å². The van der Waals surface area contributed by atoms with Gasteiger partial charge in [0.2, 0.25) is 29.5 Å². The monoisotopic (exact) mass is 788 g/mol. The highest BCUT2D eigenvalue weighted by Gasteiger charge is 2.71. The number of carboxylic acids is 2. The van der Waals surface area contributed by atoms with E-state index < -0.39 is 103 Å². The van der Waals surface area contributed by atoms with E-state index in [0.29, 0.717) is 31.2 Å². The fourth-order valence-electron chi connectivity index (χ4n) is 9.72. The molecule has 3 aliphatic carbocycles. The summed E-state index contributed by atoms with van der Waals surface area (Å²) >= 11 is 0. The molecule has 2 saturated heterocycles. The number of hydrogen-bond donors (Lipinski definition) is 7. The molecule has 5 fully saturated rings. The van der Waals surface area contributed by atoms with Gasteiger partial charge in [-0.2, -0.15) is 0 Å². The lowest BCUT2D eigenvalue weighted by atomic mass is 9.73. The van der Waals surface area contributed by atoms with E-state index in [1.165, 1.54) is 4.90 Å². The van der Waals surface area contributed by atoms with E-state index >= 15 is 0 Å². The van der Waals surface area contributed by atoms with E-state index in [9.17, 15) is 38.7 Å². The predicted octanol–water partition coefficient (Wildman–Crippen LogP) is 0.573. The highest BCUT2D eigenvalue weighted by Crippen LogP contribution is 2.66. The summed E-state index contributed by atoms with van der Waals surface area (Å²) in [4.78, 5) is 91.9. The Morgan fingerprint density at radius 3 is 2.04 bits per heavy atom. The van der Waals surface area contributed by atoms with Gasteiger partial charge in [0.1, 0.15) is 24.2 Å². The molecular weight excluding hydrogens is 727 g/mol. The molecule has 0 aromatic rings. The molecule has 3 unspecified atom stereocenters. The van der Waals surface area contributed by atoms with Gasteiger partial charge < -0.3 is 51.4 Å². The summed E-state index contributed by atoms with van der Waals surface area (Å²) in [7, 11) is -0.574. The Labute approximate surface area is 328 Å². The van der Waals surface area contributed by atoms with Gasteiger partial charge in [-0.3, -0.25) is 33.6 Å². The van der Waals surface area contributed by atoms with Gasteiger partial charge in [-0.15, -0.1) is 0 Å². The SMILES string of the molecule is CC(C)[C@H](NC(=O)[C@H](CCC(=O)O)NC(=O)[C@@H](N)CC(=O)O)C(=O)N[C@H](C(=O)N1CCC[C@H]1C(=O)N[C@H](B1OC2C3CCC(C3(C)C)[C@]2(C)O1)C1CC1)C(C)C. The predicted molar refractivity (Wildman–Crippen MR) is 202 cm³/mol. The number of nitrogens with one attached hydrogen (secondary N) is 4. The van der Waals surface area contributed by atoms with Gasteiger partial charge in [-0.05, 0) is 86.9 Å². The summed E-state index contributed by atoms with van der Waals surface area (Å²) in [5, 5.41) is 29.1. The first-order chi connectivity index (χ1) is 26.2. The lowest BCUT2D eigenvalue weighted by Gasteiger charge is -2.35. The van der Waals surface area contributed by atoms with E-state index in [1.54, 1.807) is 27.7 Å². The molecule has 2 aliphatic heterocycles. The zero-order valence-electron chi connectivity index (χ0n) is 33.7. The van der Waals surface area contributed by atoms with Gasteiger partial charge in [0.15, 0.2) is 0 Å². The van der Waals surface area contributed by atoms with E-state index in [2.05, 4.69) is 42.0 Å². The van der Waals surface area contributed by atoms with Crippen molar-refractivity contribution in [2.24, 2.45) is 40.7 Å². The first kappa shape index (κ1) is 43.4. The van der Waals surface area contributed by atoms with Crippen LogP contribution in [0.2, 0.25) is 0 Å². The number of nitrogens with zero attached hydrogens (tertiary/aromatic N) is 1. The number of rotatable bonds is 18. The highest BCUT2D eigenvalue weighted by atomic mass is 16.7. The quantitative estimate of drug-likeness (QED) is 0.0942. The van der Waals surface area contributed by atoms with Crippen molar-refractivity contribution in [3.8, 4) is 0 Å². The fourth-order valence-corrected chi connectivity index (χ4v) is 9.72. The number of amides is 5. The maximum atomic E-state index is 14.2. The van der Waals surface area contributed by atoms with Gasteiger partial charge in [-0.25, -0.2) is 0 Å². The number of carboxylic acid groups (broad SMARTS) is 2. The average Bonchev–Trinajstić information content (AvgIpc) is 3.51. The van der Waals surface area contributed by atoms with Gasteiger partial charge in [0.05, 0.1) is 30.1 Å². The van der Waals surface area contributed by atoms with E-state index in [4.69, 9.17) is 20.1 Å². The van der Waals surface area contributed by atoms with Crippen molar-refractivity contribution in [3.63, 3.8) is 0 Å². The van der Waals surface area contributed by atoms with Crippen LogP contribution in [0, 0.1) is 35.0 Å². The van der Waals surface area contributed by atoms with Gasteiger partial charge in [-0.1, -0.05) is 41.5 Å². The Morgan fingerprint density at radius 2 is 1.46 bits per heavy atom. The third-order valence-corrected chi connectivity index (χ3v) is 13.0. The van der Waals surface area contributed by atoms with Crippen LogP contribution in [-0.4, -0.2) is 118 Å². The van der Waals surface area contributed by atoms with Crippen LogP contribution in [0.15, 0.2) is 0 Å². The van der Waals surface area contributed by atoms with Crippen LogP contribution >= 0.6 is 0 Å². The standard InChI is InChI=1S/C38H61BN6O11/c1-18(2)28(42-33(51)23(13-15-26(46)47)41-32(50)22(40)17-27(48)49)35(53)43-29(19(3)4)36(54)45-16-8-9-24(45)34(52)44-31(20-10-11-20)39-55-30-21-12-14-25(37(21,5)6)38(30,7)56-39/h18-25,28-31H,8-17,40H2,1-7H3,(H,41,50)(H,42,51)(H,43,53)(H,44,52)(H,46,47)(H,48,49)/t21?,22-,23-,24-,25?,28-,29-,30?,31-,38-/m0/s1. The number of carbonyl (C=O) groups excluding carboxylic acids is 5. The molecule has 3 saturated carbocycles. The highest BCUT2D eigenvalue weighted by molar-refractivity contribution is 6.48. The molecule has 17 nitrogen and oxygen atoms in total. The van der Waals surface area contributed by atoms with E-state index in [1.807, 2.05) is 0 Å². The van der Waals surface area contributed by atoms with Crippen molar-refractivity contribution in [1.82, 2.24) is 26.2 Å². The van der Waals surface area contributed by atoms with Crippen molar-refractivity contribution >= 4 is 48.6 Å². The molecule has 0 aromatic carbocycles. The largest absolute Gasteiger partial charge is 0.481 e. The first-order valence-electron chi connectivity index (χ1n) is 20.2. The molecule has 2 bridgehead atoms. The van der Waals surface area contributed by atoms with Crippen LogP contribution in [0.25, 0.3) is 0 Å². The molecule has 2 heterocycles. The molecular formula is C38H61BN6O11. The molecule has 5 rings (SSSR count). The molecule has 10 atom stereocenters. The summed E-state index contributed by atoms with van der Waals surface area (Å²) in [6.07, 6.45) is 3.50. The Balaban J connectivity index is 1.23. The van der Waals surface area contributed by atoms with Gasteiger partial charge >= 0.3 is 19.1 Å². The smallest absolute Gasteiger partial charge is 0.481 e. The molecule has 56 heavy (non-hydrogen) atoms. The van der Waals surface area contributed by atoms with Crippen molar-refractivity contribution < 1.29 is 53.1 Å². The number of fused-ring (bicyclic) bond motifs is 5. The molecule has 0 radical (unpaired) electrons. The second-order valence-corrected chi connectivity index (χ2v) is 18.0. The molecule has 312 valence electrons. The number of hydrogen-bond acceptors (Lipinski definition) is 10. The lowest BCUT2D eigenvalue weighted by molar-refractivity contribution is -0.143. The number of aliphatic carboxylic acids is 2. The number of nitrogens with two attached hydrogens (primary N) is 1. The lowest BCUT2D eigenvalue weighted by Crippen LogP contribution is -2.61. The summed E-state index contributed by atoms with van der Waals surface area (Å²) < 4.78 is 13.4. The van der Waals surface area contributed by atoms with Crippen LogP contribution in [0.3, 0.4) is 0 Å². The molecule has 18 heteroatoms. The summed E-state index contributed by atoms with van der Waals surface area (Å²) in [5.74, 6) is -6.14. The zero-order valence-corrected chi connectivity index (χ0v) is 33.7. The Hall–Kier alpha value is -3.77. The van der Waals surface area contributed by atoms with Crippen LogP contribution in [0.1, 0.15) is 106 Å². The van der Waals surface area contributed by atoms with Crippen LogP contribution in [0.4, 0.5) is 0 Å². The van der Waals surface area contributed by atoms with Crippen LogP contribution in [-0.2, 0) is 42.9 Å². The fraction of sp³-hybridized carbons (Fsp3) is 0.816. The second-order valence-electron chi connectivity index (χ2n) is 18.0. The summed E-state index contributed by atoms with van der Waals surface area (Å²) in [5.41, 5.74) is 5.35. The van der Waals surface area contributed by atoms with E-state index in [0.717, 1.165) is 25.7 Å². The first-order valence-corrected chi connectivity index (χ1v) is 20.2. The minimum absolute atomic E-state index is 0.0321. The Morgan fingerprint density at radius 1 is 0.821 bits per heavy atom. The maximum absolute atomic E-state index is 14.2. The van der Waals surface area contributed by atoms with Crippen LogP contribution < -0.4 is 27.0 Å². The minimum atomic E-state index is -1.50. The number of carbonyl (C=O) groups is 7. The van der Waals surface area contributed by atoms with Crippen molar-refractivity contribution in [2.75, 3.05) is 6.54 Å². The third-order valence-electron chi connectivity index (χ3n) is 13.0. The average molecular weight is 789 g/mol. The van der Waals surface area contributed by atoms with Gasteiger partial charge in [0.25, 0.3) is 0 Å². The third kappa shape index (κ3) is 9.01. The number of likely N-dealkylation sites (tertiary alicyclic amines) is 1. The molecule has 5 amide bonds. The molecule has 5 aliphatic rings. The van der Waals surface area contributed by atoms with Gasteiger partial charge in [0, 0.05) is 13.0 Å². The second kappa shape index (κ2) is 17.0. The molecule has 0 aromatic heterocycles.